The van der Waals surface area contributed by atoms with Crippen LogP contribution in [0.25, 0.3) is 11.1 Å². The highest BCUT2D eigenvalue weighted by Crippen LogP contribution is 2.26. The van der Waals surface area contributed by atoms with E-state index < -0.39 is 0 Å². The molecule has 0 spiro atoms. The van der Waals surface area contributed by atoms with Crippen molar-refractivity contribution in [1.82, 2.24) is 9.47 Å². The first-order chi connectivity index (χ1) is 11.2. The lowest BCUT2D eigenvalue weighted by Crippen LogP contribution is -2.40. The summed E-state index contributed by atoms with van der Waals surface area (Å²) >= 11 is 1.47. The molecule has 23 heavy (non-hydrogen) atoms. The van der Waals surface area contributed by atoms with Gasteiger partial charge >= 0.3 is 5.76 Å². The van der Waals surface area contributed by atoms with E-state index in [9.17, 15) is 9.59 Å². The van der Waals surface area contributed by atoms with Crippen LogP contribution >= 0.6 is 11.3 Å². The van der Waals surface area contributed by atoms with Crippen molar-refractivity contribution in [3.05, 3.63) is 57.2 Å². The van der Waals surface area contributed by atoms with Gasteiger partial charge in [0.15, 0.2) is 5.58 Å². The molecule has 1 aliphatic heterocycles. The molecule has 0 aliphatic carbocycles. The van der Waals surface area contributed by atoms with E-state index >= 15 is 0 Å². The summed E-state index contributed by atoms with van der Waals surface area (Å²) in [6, 6.07) is 11.3. The van der Waals surface area contributed by atoms with Gasteiger partial charge in [-0.1, -0.05) is 18.2 Å². The molecule has 0 N–H and O–H groups in total. The van der Waals surface area contributed by atoms with E-state index in [1.54, 1.807) is 4.57 Å². The van der Waals surface area contributed by atoms with Crippen LogP contribution in [0, 0.1) is 0 Å². The number of fused-ring (bicyclic) bond motifs is 1. The molecule has 5 nitrogen and oxygen atoms in total. The average Bonchev–Trinajstić information content (AvgIpc) is 3.21. The maximum absolute atomic E-state index is 12.4. The van der Waals surface area contributed by atoms with Crippen molar-refractivity contribution < 1.29 is 9.21 Å². The lowest BCUT2D eigenvalue weighted by molar-refractivity contribution is 0.0699. The van der Waals surface area contributed by atoms with Gasteiger partial charge in [0.05, 0.1) is 10.4 Å². The van der Waals surface area contributed by atoms with Gasteiger partial charge in [-0.2, -0.15) is 0 Å². The quantitative estimate of drug-likeness (QED) is 0.726. The number of carbonyl (C=O) groups excluding carboxylic acids is 1. The van der Waals surface area contributed by atoms with Crippen LogP contribution in [0.3, 0.4) is 0 Å². The maximum atomic E-state index is 12.4. The number of rotatable bonds is 2. The monoisotopic (exact) mass is 328 g/mol. The summed E-state index contributed by atoms with van der Waals surface area (Å²) in [4.78, 5) is 27.2. The Morgan fingerprint density at radius 1 is 1.13 bits per heavy atom. The lowest BCUT2D eigenvalue weighted by Gasteiger charge is -2.32. The number of oxazole rings is 1. The largest absolute Gasteiger partial charge is 0.420 e. The van der Waals surface area contributed by atoms with Crippen molar-refractivity contribution in [2.45, 2.75) is 18.9 Å². The van der Waals surface area contributed by atoms with Gasteiger partial charge < -0.3 is 9.32 Å². The molecule has 3 aromatic rings. The van der Waals surface area contributed by atoms with Gasteiger partial charge in [-0.15, -0.1) is 11.3 Å². The standard InChI is InChI=1S/C17H16N2O3S/c20-16(15-6-3-11-23-15)18-9-7-12(8-10-18)19-13-4-1-2-5-14(13)22-17(19)21/h1-6,11-12H,7-10H2. The first kappa shape index (κ1) is 14.3. The molecule has 1 saturated heterocycles. The molecule has 0 atom stereocenters. The summed E-state index contributed by atoms with van der Waals surface area (Å²) in [6.07, 6.45) is 1.53. The van der Waals surface area contributed by atoms with Crippen LogP contribution < -0.4 is 5.76 Å². The summed E-state index contributed by atoms with van der Waals surface area (Å²) in [7, 11) is 0. The molecule has 1 amide bonds. The Kier molecular flexibility index (Phi) is 3.53. The zero-order valence-corrected chi connectivity index (χ0v) is 13.3. The molecule has 6 heteroatoms. The Morgan fingerprint density at radius 2 is 1.91 bits per heavy atom. The summed E-state index contributed by atoms with van der Waals surface area (Å²) < 4.78 is 7.05. The molecule has 0 saturated carbocycles. The molecule has 0 unspecified atom stereocenters. The number of benzene rings is 1. The van der Waals surface area contributed by atoms with Crippen molar-refractivity contribution in [2.75, 3.05) is 13.1 Å². The first-order valence-electron chi connectivity index (χ1n) is 7.67. The predicted octanol–water partition coefficient (Wildman–Crippen LogP) is 3.13. The van der Waals surface area contributed by atoms with Crippen LogP contribution in [-0.4, -0.2) is 28.5 Å². The Morgan fingerprint density at radius 3 is 2.65 bits per heavy atom. The predicted molar refractivity (Wildman–Crippen MR) is 89.0 cm³/mol. The summed E-state index contributed by atoms with van der Waals surface area (Å²) in [6.45, 7) is 1.32. The minimum atomic E-state index is -0.311. The zero-order chi connectivity index (χ0) is 15.8. The highest BCUT2D eigenvalue weighted by molar-refractivity contribution is 7.12. The topological polar surface area (TPSA) is 55.5 Å². The second-order valence-electron chi connectivity index (χ2n) is 5.71. The molecule has 4 rings (SSSR count). The Balaban J connectivity index is 1.54. The highest BCUT2D eigenvalue weighted by Gasteiger charge is 2.27. The molecule has 0 bridgehead atoms. The van der Waals surface area contributed by atoms with E-state index in [1.165, 1.54) is 11.3 Å². The van der Waals surface area contributed by atoms with Gasteiger partial charge in [-0.3, -0.25) is 9.36 Å². The number of amides is 1. The van der Waals surface area contributed by atoms with Crippen LogP contribution in [0.15, 0.2) is 51.0 Å². The second kappa shape index (κ2) is 5.70. The van der Waals surface area contributed by atoms with Gasteiger partial charge in [-0.25, -0.2) is 4.79 Å². The SMILES string of the molecule is O=C(c1cccs1)N1CCC(n2c(=O)oc3ccccc32)CC1. The van der Waals surface area contributed by atoms with E-state index in [2.05, 4.69) is 0 Å². The van der Waals surface area contributed by atoms with Crippen LogP contribution in [0.4, 0.5) is 0 Å². The molecular formula is C17H16N2O3S. The molecule has 1 aromatic carbocycles. The lowest BCUT2D eigenvalue weighted by atomic mass is 10.0. The molecule has 118 valence electrons. The van der Waals surface area contributed by atoms with E-state index in [1.807, 2.05) is 46.7 Å². The zero-order valence-electron chi connectivity index (χ0n) is 12.5. The normalized spacial score (nSPS) is 16.1. The van der Waals surface area contributed by atoms with Crippen molar-refractivity contribution in [3.63, 3.8) is 0 Å². The van der Waals surface area contributed by atoms with Gasteiger partial charge in [0.2, 0.25) is 0 Å². The van der Waals surface area contributed by atoms with E-state index in [0.29, 0.717) is 18.7 Å². The van der Waals surface area contributed by atoms with E-state index in [0.717, 1.165) is 23.2 Å². The van der Waals surface area contributed by atoms with Crippen LogP contribution in [-0.2, 0) is 0 Å². The summed E-state index contributed by atoms with van der Waals surface area (Å²) in [5.74, 6) is -0.225. The fraction of sp³-hybridized carbons (Fsp3) is 0.294. The van der Waals surface area contributed by atoms with Crippen molar-refractivity contribution in [1.29, 1.82) is 0 Å². The summed E-state index contributed by atoms with van der Waals surface area (Å²) in [5, 5.41) is 1.91. The fourth-order valence-corrected chi connectivity index (χ4v) is 3.90. The molecular weight excluding hydrogens is 312 g/mol. The number of hydrogen-bond donors (Lipinski definition) is 0. The third-order valence-corrected chi connectivity index (χ3v) is 5.23. The first-order valence-corrected chi connectivity index (χ1v) is 8.55. The highest BCUT2D eigenvalue weighted by atomic mass is 32.1. The number of piperidine rings is 1. The summed E-state index contributed by atoms with van der Waals surface area (Å²) in [5.41, 5.74) is 1.45. The van der Waals surface area contributed by atoms with Crippen molar-refractivity contribution in [3.8, 4) is 0 Å². The van der Waals surface area contributed by atoms with Crippen LogP contribution in [0.2, 0.25) is 0 Å². The van der Waals surface area contributed by atoms with Crippen molar-refractivity contribution >= 4 is 28.3 Å². The smallest absolute Gasteiger partial charge is 0.408 e. The average molecular weight is 328 g/mol. The number of para-hydroxylation sites is 2. The second-order valence-corrected chi connectivity index (χ2v) is 6.65. The number of carbonyl (C=O) groups is 1. The number of likely N-dealkylation sites (tertiary alicyclic amines) is 1. The minimum Gasteiger partial charge on any atom is -0.408 e. The Labute approximate surface area is 136 Å². The van der Waals surface area contributed by atoms with Crippen LogP contribution in [0.5, 0.6) is 0 Å². The molecule has 1 fully saturated rings. The number of thiophene rings is 1. The van der Waals surface area contributed by atoms with Gasteiger partial charge in [0, 0.05) is 19.1 Å². The minimum absolute atomic E-state index is 0.0820. The molecule has 2 aromatic heterocycles. The number of aromatic nitrogens is 1. The van der Waals surface area contributed by atoms with E-state index in [4.69, 9.17) is 4.42 Å². The molecule has 0 radical (unpaired) electrons. The molecule has 3 heterocycles. The van der Waals surface area contributed by atoms with Gasteiger partial charge in [0.1, 0.15) is 0 Å². The Bertz CT molecular complexity index is 886. The maximum Gasteiger partial charge on any atom is 0.420 e. The number of hydrogen-bond acceptors (Lipinski definition) is 4. The van der Waals surface area contributed by atoms with Crippen LogP contribution in [0.1, 0.15) is 28.6 Å². The van der Waals surface area contributed by atoms with Crippen molar-refractivity contribution in [2.24, 2.45) is 0 Å². The fourth-order valence-electron chi connectivity index (χ4n) is 3.21. The third-order valence-electron chi connectivity index (χ3n) is 4.37. The Hall–Kier alpha value is -2.34. The van der Waals surface area contributed by atoms with Gasteiger partial charge in [-0.05, 0) is 36.4 Å². The number of nitrogens with zero attached hydrogens (tertiary/aromatic N) is 2. The van der Waals surface area contributed by atoms with Gasteiger partial charge in [0.25, 0.3) is 5.91 Å². The van der Waals surface area contributed by atoms with E-state index in [-0.39, 0.29) is 17.7 Å². The third kappa shape index (κ3) is 2.49. The molecule has 1 aliphatic rings.